The zero-order valence-corrected chi connectivity index (χ0v) is 8.55. The fraction of sp³-hybridized carbons (Fsp3) is 0.273. The summed E-state index contributed by atoms with van der Waals surface area (Å²) in [5.74, 6) is 0.294. The molecule has 0 aliphatic carbocycles. The second kappa shape index (κ2) is 3.23. The van der Waals surface area contributed by atoms with Crippen molar-refractivity contribution in [1.29, 1.82) is 0 Å². The highest BCUT2D eigenvalue weighted by molar-refractivity contribution is 5.76. The van der Waals surface area contributed by atoms with E-state index >= 15 is 0 Å². The number of aromatic amines is 1. The quantitative estimate of drug-likeness (QED) is 0.762. The molecule has 5 heteroatoms. The average Bonchev–Trinajstić information content (AvgIpc) is 2.61. The summed E-state index contributed by atoms with van der Waals surface area (Å²) in [5, 5.41) is 9.82. The van der Waals surface area contributed by atoms with Gasteiger partial charge in [0.25, 0.3) is 0 Å². The topological polar surface area (TPSA) is 69.2 Å². The first-order valence-electron chi connectivity index (χ1n) is 5.15. The molecule has 0 spiro atoms. The van der Waals surface area contributed by atoms with Gasteiger partial charge in [0, 0.05) is 36.8 Å². The minimum atomic E-state index is -0.841. The van der Waals surface area contributed by atoms with Gasteiger partial charge >= 0.3 is 6.09 Å². The monoisotopic (exact) mass is 217 g/mol. The first kappa shape index (κ1) is 9.21. The number of pyridine rings is 1. The zero-order chi connectivity index (χ0) is 11.1. The maximum absolute atomic E-state index is 10.6. The van der Waals surface area contributed by atoms with Crippen LogP contribution in [0.3, 0.4) is 0 Å². The lowest BCUT2D eigenvalue weighted by Crippen LogP contribution is -2.47. The van der Waals surface area contributed by atoms with Gasteiger partial charge in [0.05, 0.1) is 0 Å². The highest BCUT2D eigenvalue weighted by atomic mass is 16.4. The third-order valence-corrected chi connectivity index (χ3v) is 3.04. The van der Waals surface area contributed by atoms with Crippen molar-refractivity contribution < 1.29 is 9.90 Å². The Balaban J connectivity index is 1.83. The Morgan fingerprint density at radius 3 is 3.12 bits per heavy atom. The van der Waals surface area contributed by atoms with Gasteiger partial charge in [-0.15, -0.1) is 0 Å². The molecule has 0 unspecified atom stereocenters. The van der Waals surface area contributed by atoms with Gasteiger partial charge in [-0.3, -0.25) is 0 Å². The Morgan fingerprint density at radius 2 is 2.38 bits per heavy atom. The molecule has 0 atom stereocenters. The summed E-state index contributed by atoms with van der Waals surface area (Å²) in [6.45, 7) is 1.15. The number of hydrogen-bond acceptors (Lipinski definition) is 2. The van der Waals surface area contributed by atoms with Crippen molar-refractivity contribution in [3.05, 3.63) is 30.1 Å². The van der Waals surface area contributed by atoms with E-state index in [0.717, 1.165) is 16.6 Å². The molecule has 1 aliphatic heterocycles. The maximum Gasteiger partial charge on any atom is 0.407 e. The van der Waals surface area contributed by atoms with Gasteiger partial charge in [-0.25, -0.2) is 9.78 Å². The molecule has 1 fully saturated rings. The molecule has 16 heavy (non-hydrogen) atoms. The van der Waals surface area contributed by atoms with Gasteiger partial charge in [0.1, 0.15) is 5.65 Å². The van der Waals surface area contributed by atoms with E-state index in [1.165, 1.54) is 4.90 Å². The molecular weight excluding hydrogens is 206 g/mol. The van der Waals surface area contributed by atoms with Gasteiger partial charge < -0.3 is 15.0 Å². The van der Waals surface area contributed by atoms with E-state index in [2.05, 4.69) is 16.0 Å². The van der Waals surface area contributed by atoms with Crippen molar-refractivity contribution in [2.75, 3.05) is 13.1 Å². The van der Waals surface area contributed by atoms with Crippen LogP contribution in [0.25, 0.3) is 11.0 Å². The Kier molecular flexibility index (Phi) is 1.86. The van der Waals surface area contributed by atoms with Gasteiger partial charge in [-0.2, -0.15) is 0 Å². The highest BCUT2D eigenvalue weighted by Gasteiger charge is 2.31. The third-order valence-electron chi connectivity index (χ3n) is 3.04. The van der Waals surface area contributed by atoms with Crippen molar-refractivity contribution in [2.24, 2.45) is 0 Å². The molecule has 1 saturated heterocycles. The minimum absolute atomic E-state index is 0.294. The molecule has 5 nitrogen and oxygen atoms in total. The fourth-order valence-electron chi connectivity index (χ4n) is 2.03. The molecule has 0 saturated carbocycles. The van der Waals surface area contributed by atoms with E-state index < -0.39 is 6.09 Å². The molecule has 2 aromatic heterocycles. The highest BCUT2D eigenvalue weighted by Crippen LogP contribution is 2.27. The smallest absolute Gasteiger partial charge is 0.407 e. The van der Waals surface area contributed by atoms with E-state index in [0.29, 0.717) is 19.0 Å². The van der Waals surface area contributed by atoms with Crippen LogP contribution < -0.4 is 0 Å². The lowest BCUT2D eigenvalue weighted by Gasteiger charge is -2.37. The molecule has 3 heterocycles. The summed E-state index contributed by atoms with van der Waals surface area (Å²) in [6.07, 6.45) is 2.83. The second-order valence-electron chi connectivity index (χ2n) is 4.07. The van der Waals surface area contributed by atoms with Crippen LogP contribution in [0.15, 0.2) is 24.5 Å². The molecular formula is C11H11N3O2. The van der Waals surface area contributed by atoms with E-state index in [1.807, 2.05) is 18.5 Å². The SMILES string of the molecule is O=C(O)N1CC(c2cnc3[nH]ccc3c2)C1. The number of likely N-dealkylation sites (tertiary alicyclic amines) is 1. The second-order valence-corrected chi connectivity index (χ2v) is 4.07. The summed E-state index contributed by atoms with van der Waals surface area (Å²) in [4.78, 5) is 19.4. The van der Waals surface area contributed by atoms with Gasteiger partial charge in [-0.05, 0) is 17.7 Å². The summed E-state index contributed by atoms with van der Waals surface area (Å²) >= 11 is 0. The number of nitrogens with one attached hydrogen (secondary N) is 1. The number of nitrogens with zero attached hydrogens (tertiary/aromatic N) is 2. The normalized spacial score (nSPS) is 16.4. The summed E-state index contributed by atoms with van der Waals surface area (Å²) in [6, 6.07) is 4.04. The standard InChI is InChI=1S/C11H11N3O2/c15-11(16)14-5-9(6-14)8-3-7-1-2-12-10(7)13-4-8/h1-4,9H,5-6H2,(H,12,13)(H,15,16). The molecule has 3 rings (SSSR count). The zero-order valence-electron chi connectivity index (χ0n) is 8.55. The number of carbonyl (C=O) groups is 1. The summed E-state index contributed by atoms with van der Waals surface area (Å²) in [5.41, 5.74) is 1.99. The van der Waals surface area contributed by atoms with E-state index in [-0.39, 0.29) is 0 Å². The fourth-order valence-corrected chi connectivity index (χ4v) is 2.03. The predicted octanol–water partition coefficient (Wildman–Crippen LogP) is 1.64. The van der Waals surface area contributed by atoms with Crippen molar-refractivity contribution in [3.63, 3.8) is 0 Å². The number of aromatic nitrogens is 2. The van der Waals surface area contributed by atoms with Gasteiger partial charge in [-0.1, -0.05) is 0 Å². The van der Waals surface area contributed by atoms with Crippen LogP contribution in [0, 0.1) is 0 Å². The largest absolute Gasteiger partial charge is 0.465 e. The minimum Gasteiger partial charge on any atom is -0.465 e. The first-order chi connectivity index (χ1) is 7.74. The molecule has 2 N–H and O–H groups in total. The number of fused-ring (bicyclic) bond motifs is 1. The summed E-state index contributed by atoms with van der Waals surface area (Å²) < 4.78 is 0. The summed E-state index contributed by atoms with van der Waals surface area (Å²) in [7, 11) is 0. The van der Waals surface area contributed by atoms with Gasteiger partial charge in [0.15, 0.2) is 0 Å². The molecule has 0 radical (unpaired) electrons. The lowest BCUT2D eigenvalue weighted by molar-refractivity contribution is 0.105. The van der Waals surface area contributed by atoms with Crippen LogP contribution in [-0.2, 0) is 0 Å². The number of rotatable bonds is 1. The number of hydrogen-bond donors (Lipinski definition) is 2. The molecule has 0 bridgehead atoms. The number of carboxylic acid groups (broad SMARTS) is 1. The van der Waals surface area contributed by atoms with Crippen LogP contribution in [0.2, 0.25) is 0 Å². The Labute approximate surface area is 91.7 Å². The molecule has 1 aliphatic rings. The van der Waals surface area contributed by atoms with Crippen LogP contribution in [0.1, 0.15) is 11.5 Å². The maximum atomic E-state index is 10.6. The third kappa shape index (κ3) is 1.32. The van der Waals surface area contributed by atoms with Crippen LogP contribution in [0.4, 0.5) is 4.79 Å². The van der Waals surface area contributed by atoms with Gasteiger partial charge in [0.2, 0.25) is 0 Å². The van der Waals surface area contributed by atoms with Crippen LogP contribution in [0.5, 0.6) is 0 Å². The first-order valence-corrected chi connectivity index (χ1v) is 5.15. The van der Waals surface area contributed by atoms with Crippen LogP contribution >= 0.6 is 0 Å². The molecule has 1 amide bonds. The Hall–Kier alpha value is -2.04. The van der Waals surface area contributed by atoms with Crippen molar-refractivity contribution in [3.8, 4) is 0 Å². The van der Waals surface area contributed by atoms with E-state index in [1.54, 1.807) is 0 Å². The lowest BCUT2D eigenvalue weighted by atomic mass is 9.93. The average molecular weight is 217 g/mol. The molecule has 0 aromatic carbocycles. The van der Waals surface area contributed by atoms with Crippen molar-refractivity contribution >= 4 is 17.1 Å². The number of H-pyrrole nitrogens is 1. The predicted molar refractivity (Wildman–Crippen MR) is 58.4 cm³/mol. The van der Waals surface area contributed by atoms with E-state index in [9.17, 15) is 4.79 Å². The number of amides is 1. The van der Waals surface area contributed by atoms with E-state index in [4.69, 9.17) is 5.11 Å². The molecule has 2 aromatic rings. The molecule has 82 valence electrons. The van der Waals surface area contributed by atoms with Crippen LogP contribution in [-0.4, -0.2) is 39.2 Å². The Morgan fingerprint density at radius 1 is 1.56 bits per heavy atom. The Bertz CT molecular complexity index is 543. The van der Waals surface area contributed by atoms with Crippen molar-refractivity contribution in [2.45, 2.75) is 5.92 Å². The van der Waals surface area contributed by atoms with Crippen molar-refractivity contribution in [1.82, 2.24) is 14.9 Å².